The third-order valence-electron chi connectivity index (χ3n) is 3.68. The normalized spacial score (nSPS) is 12.6. The maximum Gasteiger partial charge on any atom is 0.333 e. The van der Waals surface area contributed by atoms with Gasteiger partial charge < -0.3 is 9.84 Å². The van der Waals surface area contributed by atoms with Crippen LogP contribution in [0.15, 0.2) is 47.1 Å². The van der Waals surface area contributed by atoms with Crippen molar-refractivity contribution in [1.82, 2.24) is 0 Å². The van der Waals surface area contributed by atoms with Crippen LogP contribution in [-0.4, -0.2) is 23.7 Å². The van der Waals surface area contributed by atoms with E-state index in [0.717, 1.165) is 31.3 Å². The van der Waals surface area contributed by atoms with Gasteiger partial charge in [-0.3, -0.25) is 0 Å². The maximum atomic E-state index is 11.1. The Hall–Kier alpha value is -2.10. The Kier molecular flexibility index (Phi) is 17.8. The third kappa shape index (κ3) is 15.4. The summed E-state index contributed by atoms with van der Waals surface area (Å²) < 4.78 is 4.98. The average molecular weight is 365 g/mol. The van der Waals surface area contributed by atoms with E-state index in [1.54, 1.807) is 19.9 Å². The lowest BCUT2D eigenvalue weighted by atomic mass is 10.1. The molecule has 26 heavy (non-hydrogen) atoms. The molecular weight excluding hydrogens is 328 g/mol. The van der Waals surface area contributed by atoms with Gasteiger partial charge in [0.25, 0.3) is 0 Å². The lowest BCUT2D eigenvalue weighted by Gasteiger charge is -2.01. The summed E-state index contributed by atoms with van der Waals surface area (Å²) in [5.74, 6) is -1.05. The van der Waals surface area contributed by atoms with Gasteiger partial charge in [-0.1, -0.05) is 57.1 Å². The van der Waals surface area contributed by atoms with Gasteiger partial charge in [0.1, 0.15) is 0 Å². The maximum absolute atomic E-state index is 11.1. The van der Waals surface area contributed by atoms with Crippen molar-refractivity contribution in [1.29, 1.82) is 0 Å². The highest BCUT2D eigenvalue weighted by Crippen LogP contribution is 2.06. The number of ether oxygens (including phenoxy) is 1. The lowest BCUT2D eigenvalue weighted by Crippen LogP contribution is -2.06. The van der Waals surface area contributed by atoms with Gasteiger partial charge in [-0.15, -0.1) is 0 Å². The quantitative estimate of drug-likeness (QED) is 0.170. The smallest absolute Gasteiger partial charge is 0.333 e. The molecule has 0 rings (SSSR count). The fraction of sp³-hybridized carbons (Fsp3) is 0.545. The zero-order valence-corrected chi connectivity index (χ0v) is 17.3. The van der Waals surface area contributed by atoms with Crippen molar-refractivity contribution in [2.75, 3.05) is 6.61 Å². The van der Waals surface area contributed by atoms with Gasteiger partial charge in [0.15, 0.2) is 0 Å². The highest BCUT2D eigenvalue weighted by molar-refractivity contribution is 5.87. The molecule has 0 aliphatic carbocycles. The number of hydrogen-bond acceptors (Lipinski definition) is 3. The van der Waals surface area contributed by atoms with E-state index in [9.17, 15) is 9.59 Å². The SMILES string of the molecule is C/C=C(\C)C(=O)OCC/C=C\CC.CCCC/C=C/C(C)=C(/C)C(=O)O. The second-order valence-electron chi connectivity index (χ2n) is 5.93. The van der Waals surface area contributed by atoms with Crippen molar-refractivity contribution < 1.29 is 19.4 Å². The Morgan fingerprint density at radius 3 is 2.15 bits per heavy atom. The summed E-state index contributed by atoms with van der Waals surface area (Å²) in [6.07, 6.45) is 15.0. The van der Waals surface area contributed by atoms with Gasteiger partial charge in [-0.2, -0.15) is 0 Å². The van der Waals surface area contributed by atoms with Gasteiger partial charge in [-0.05, 0) is 52.5 Å². The molecule has 148 valence electrons. The zero-order chi connectivity index (χ0) is 20.4. The number of carbonyl (C=O) groups is 2. The van der Waals surface area contributed by atoms with Gasteiger partial charge in [0.05, 0.1) is 6.61 Å². The monoisotopic (exact) mass is 364 g/mol. The Bertz CT molecular complexity index is 522. The largest absolute Gasteiger partial charge is 0.478 e. The van der Waals surface area contributed by atoms with Crippen molar-refractivity contribution in [3.05, 3.63) is 47.1 Å². The summed E-state index contributed by atoms with van der Waals surface area (Å²) in [4.78, 5) is 21.6. The Labute approximate surface area is 159 Å². The highest BCUT2D eigenvalue weighted by Gasteiger charge is 2.02. The summed E-state index contributed by atoms with van der Waals surface area (Å²) in [6, 6.07) is 0. The van der Waals surface area contributed by atoms with Gasteiger partial charge in [0.2, 0.25) is 0 Å². The summed E-state index contributed by atoms with van der Waals surface area (Å²) in [5, 5.41) is 8.66. The zero-order valence-electron chi connectivity index (χ0n) is 17.3. The molecule has 0 heterocycles. The molecule has 1 N–H and O–H groups in total. The minimum atomic E-state index is -0.836. The lowest BCUT2D eigenvalue weighted by molar-refractivity contribution is -0.138. The molecule has 4 heteroatoms. The number of carbonyl (C=O) groups excluding carboxylic acids is 1. The van der Waals surface area contributed by atoms with E-state index in [-0.39, 0.29) is 5.97 Å². The van der Waals surface area contributed by atoms with Crippen LogP contribution >= 0.6 is 0 Å². The van der Waals surface area contributed by atoms with Crippen molar-refractivity contribution in [3.8, 4) is 0 Å². The first-order valence-electron chi connectivity index (χ1n) is 9.33. The molecule has 0 spiro atoms. The number of aliphatic carboxylic acids is 1. The molecule has 0 fully saturated rings. The molecule has 4 nitrogen and oxygen atoms in total. The molecule has 0 saturated carbocycles. The molecule has 0 saturated heterocycles. The molecular formula is C22H36O4. The first-order valence-corrected chi connectivity index (χ1v) is 9.33. The molecule has 0 aliphatic heterocycles. The van der Waals surface area contributed by atoms with Crippen LogP contribution in [0.25, 0.3) is 0 Å². The Morgan fingerprint density at radius 2 is 1.65 bits per heavy atom. The van der Waals surface area contributed by atoms with Crippen LogP contribution in [0.5, 0.6) is 0 Å². The van der Waals surface area contributed by atoms with Crippen molar-refractivity contribution >= 4 is 11.9 Å². The van der Waals surface area contributed by atoms with E-state index in [2.05, 4.69) is 19.9 Å². The van der Waals surface area contributed by atoms with Crippen molar-refractivity contribution in [2.45, 2.75) is 73.6 Å². The van der Waals surface area contributed by atoms with Crippen LogP contribution in [-0.2, 0) is 14.3 Å². The molecule has 0 unspecified atom stereocenters. The third-order valence-corrected chi connectivity index (χ3v) is 3.68. The number of unbranched alkanes of at least 4 members (excludes halogenated alkanes) is 2. The minimum absolute atomic E-state index is 0.215. The number of allylic oxidation sites excluding steroid dienone is 5. The van der Waals surface area contributed by atoms with Crippen molar-refractivity contribution in [3.63, 3.8) is 0 Å². The summed E-state index contributed by atoms with van der Waals surface area (Å²) >= 11 is 0. The van der Waals surface area contributed by atoms with Crippen LogP contribution in [0.3, 0.4) is 0 Å². The highest BCUT2D eigenvalue weighted by atomic mass is 16.5. The van der Waals surface area contributed by atoms with E-state index in [1.807, 2.05) is 32.1 Å². The molecule has 0 bridgehead atoms. The first-order chi connectivity index (χ1) is 12.3. The first kappa shape index (κ1) is 26.1. The number of carboxylic acid groups (broad SMARTS) is 1. The van der Waals surface area contributed by atoms with Crippen molar-refractivity contribution in [2.24, 2.45) is 0 Å². The number of carboxylic acids is 1. The molecule has 0 amide bonds. The van der Waals surface area contributed by atoms with Crippen LogP contribution in [0.1, 0.15) is 73.6 Å². The van der Waals surface area contributed by atoms with E-state index in [1.165, 1.54) is 6.42 Å². The summed E-state index contributed by atoms with van der Waals surface area (Å²) in [7, 11) is 0. The second-order valence-corrected chi connectivity index (χ2v) is 5.93. The Morgan fingerprint density at radius 1 is 1.00 bits per heavy atom. The second kappa shape index (κ2) is 17.7. The number of rotatable bonds is 10. The molecule has 0 aromatic carbocycles. The molecule has 0 aromatic rings. The standard InChI is InChI=1S/2C11H18O2/c1-4-5-6-7-8-9(2)10(3)11(12)13;1-4-6-7-8-9-13-11(12)10(3)5-2/h7-8H,4-6H2,1-3H3,(H,12,13);5-7H,4,8-9H2,1-3H3/b8-7+,10-9-;7-6-,10-5+. The van der Waals surface area contributed by atoms with Crippen LogP contribution in [0.2, 0.25) is 0 Å². The van der Waals surface area contributed by atoms with Gasteiger partial charge in [0, 0.05) is 11.1 Å². The average Bonchev–Trinajstić information content (AvgIpc) is 2.63. The van der Waals surface area contributed by atoms with E-state index in [0.29, 0.717) is 17.8 Å². The Balaban J connectivity index is 0. The fourth-order valence-corrected chi connectivity index (χ4v) is 1.61. The fourth-order valence-electron chi connectivity index (χ4n) is 1.61. The molecule has 0 aliphatic rings. The molecule has 0 atom stereocenters. The number of hydrogen-bond donors (Lipinski definition) is 1. The predicted molar refractivity (Wildman–Crippen MR) is 109 cm³/mol. The summed E-state index contributed by atoms with van der Waals surface area (Å²) in [5.41, 5.74) is 1.93. The van der Waals surface area contributed by atoms with E-state index < -0.39 is 5.97 Å². The van der Waals surface area contributed by atoms with Gasteiger partial charge in [-0.25, -0.2) is 9.59 Å². The van der Waals surface area contributed by atoms with Crippen LogP contribution in [0.4, 0.5) is 0 Å². The predicted octanol–water partition coefficient (Wildman–Crippen LogP) is 6.01. The van der Waals surface area contributed by atoms with Crippen LogP contribution < -0.4 is 0 Å². The van der Waals surface area contributed by atoms with E-state index in [4.69, 9.17) is 9.84 Å². The van der Waals surface area contributed by atoms with Crippen LogP contribution in [0, 0.1) is 0 Å². The molecule has 0 aromatic heterocycles. The van der Waals surface area contributed by atoms with E-state index >= 15 is 0 Å². The summed E-state index contributed by atoms with van der Waals surface area (Å²) in [6.45, 7) is 11.7. The minimum Gasteiger partial charge on any atom is -0.478 e. The molecule has 0 radical (unpaired) electrons. The van der Waals surface area contributed by atoms with Gasteiger partial charge >= 0.3 is 11.9 Å². The topological polar surface area (TPSA) is 63.6 Å². The number of esters is 1.